The van der Waals surface area contributed by atoms with Crippen molar-refractivity contribution < 1.29 is 19.4 Å². The molecule has 0 radical (unpaired) electrons. The highest BCUT2D eigenvalue weighted by atomic mass is 16.5. The van der Waals surface area contributed by atoms with Crippen molar-refractivity contribution >= 4 is 5.91 Å². The number of carbonyl (C=O) groups excluding carboxylic acids is 1. The molecule has 1 aromatic rings. The summed E-state index contributed by atoms with van der Waals surface area (Å²) < 4.78 is 11.5. The predicted molar refractivity (Wildman–Crippen MR) is 79.4 cm³/mol. The number of ether oxygens (including phenoxy) is 2. The molecule has 0 bridgehead atoms. The number of aromatic nitrogens is 1. The summed E-state index contributed by atoms with van der Waals surface area (Å²) in [4.78, 5) is 18.1. The Morgan fingerprint density at radius 1 is 1.45 bits per heavy atom. The minimum Gasteiger partial charge on any atom is -0.477 e. The molecule has 1 N–H and O–H groups in total. The van der Waals surface area contributed by atoms with Crippen LogP contribution in [0.15, 0.2) is 24.4 Å². The Balaban J connectivity index is 1.56. The Morgan fingerprint density at radius 3 is 3.14 bits per heavy atom. The number of fused-ring (bicyclic) bond motifs is 1. The van der Waals surface area contributed by atoms with E-state index in [-0.39, 0.29) is 31.1 Å². The number of hydrogen-bond donors (Lipinski definition) is 1. The van der Waals surface area contributed by atoms with Crippen molar-refractivity contribution in [2.45, 2.75) is 31.4 Å². The number of amides is 1. The lowest BCUT2D eigenvalue weighted by Gasteiger charge is -2.37. The van der Waals surface area contributed by atoms with Crippen LogP contribution in [0.1, 0.15) is 19.3 Å². The quantitative estimate of drug-likeness (QED) is 0.873. The molecule has 0 spiro atoms. The number of aliphatic hydroxyl groups is 1. The van der Waals surface area contributed by atoms with E-state index in [1.807, 2.05) is 23.1 Å². The molecule has 3 rings (SSSR count). The number of nitrogens with zero attached hydrogens (tertiary/aromatic N) is 2. The molecule has 6 heteroatoms. The van der Waals surface area contributed by atoms with Crippen molar-refractivity contribution in [3.05, 3.63) is 24.4 Å². The van der Waals surface area contributed by atoms with E-state index in [0.29, 0.717) is 31.6 Å². The topological polar surface area (TPSA) is 71.9 Å². The van der Waals surface area contributed by atoms with Crippen LogP contribution in [0.3, 0.4) is 0 Å². The van der Waals surface area contributed by atoms with Crippen LogP contribution < -0.4 is 4.74 Å². The van der Waals surface area contributed by atoms with Gasteiger partial charge in [-0.3, -0.25) is 4.79 Å². The Morgan fingerprint density at radius 2 is 2.36 bits per heavy atom. The molecule has 1 aliphatic heterocycles. The first-order chi connectivity index (χ1) is 10.8. The molecule has 1 aromatic heterocycles. The highest BCUT2D eigenvalue weighted by Gasteiger charge is 2.42. The highest BCUT2D eigenvalue weighted by molar-refractivity contribution is 5.76. The average molecular weight is 306 g/mol. The van der Waals surface area contributed by atoms with E-state index in [0.717, 1.165) is 12.8 Å². The van der Waals surface area contributed by atoms with Crippen LogP contribution in [0.25, 0.3) is 0 Å². The average Bonchev–Trinajstić information content (AvgIpc) is 2.97. The Kier molecular flexibility index (Phi) is 4.90. The molecule has 2 aliphatic rings. The molecule has 1 saturated carbocycles. The molecule has 0 unspecified atom stereocenters. The molecule has 1 aliphatic carbocycles. The molecule has 22 heavy (non-hydrogen) atoms. The summed E-state index contributed by atoms with van der Waals surface area (Å²) in [5.74, 6) is 1.01. The van der Waals surface area contributed by atoms with Gasteiger partial charge in [-0.1, -0.05) is 6.07 Å². The molecule has 6 nitrogen and oxygen atoms in total. The number of rotatable bonds is 5. The second kappa shape index (κ2) is 7.07. The Bertz CT molecular complexity index is 496. The molecule has 2 heterocycles. The van der Waals surface area contributed by atoms with Crippen LogP contribution in [0.2, 0.25) is 0 Å². The van der Waals surface area contributed by atoms with E-state index in [9.17, 15) is 4.79 Å². The smallest absolute Gasteiger partial charge is 0.225 e. The van der Waals surface area contributed by atoms with E-state index in [1.165, 1.54) is 0 Å². The number of morpholine rings is 1. The Hall–Kier alpha value is -1.66. The summed E-state index contributed by atoms with van der Waals surface area (Å²) in [7, 11) is 0. The fraction of sp³-hybridized carbons (Fsp3) is 0.625. The fourth-order valence-electron chi connectivity index (χ4n) is 3.37. The van der Waals surface area contributed by atoms with E-state index < -0.39 is 0 Å². The number of pyridine rings is 1. The van der Waals surface area contributed by atoms with Crippen LogP contribution in [0.4, 0.5) is 0 Å². The van der Waals surface area contributed by atoms with E-state index in [1.54, 1.807) is 6.20 Å². The van der Waals surface area contributed by atoms with Gasteiger partial charge in [-0.05, 0) is 24.8 Å². The lowest BCUT2D eigenvalue weighted by Crippen LogP contribution is -2.51. The first kappa shape index (κ1) is 15.2. The van der Waals surface area contributed by atoms with Crippen LogP contribution in [0.5, 0.6) is 5.88 Å². The predicted octanol–water partition coefficient (Wildman–Crippen LogP) is 0.849. The number of hydrogen-bond acceptors (Lipinski definition) is 5. The largest absolute Gasteiger partial charge is 0.477 e. The zero-order valence-corrected chi connectivity index (χ0v) is 12.6. The maximum absolute atomic E-state index is 12.1. The van der Waals surface area contributed by atoms with Crippen LogP contribution >= 0.6 is 0 Å². The summed E-state index contributed by atoms with van der Waals surface area (Å²) >= 11 is 0. The lowest BCUT2D eigenvalue weighted by atomic mass is 10.1. The maximum Gasteiger partial charge on any atom is 0.225 e. The first-order valence-corrected chi connectivity index (χ1v) is 7.83. The van der Waals surface area contributed by atoms with Gasteiger partial charge in [-0.2, -0.15) is 0 Å². The molecule has 1 saturated heterocycles. The van der Waals surface area contributed by atoms with Gasteiger partial charge in [-0.15, -0.1) is 0 Å². The third kappa shape index (κ3) is 3.39. The summed E-state index contributed by atoms with van der Waals surface area (Å²) in [5.41, 5.74) is 0. The summed E-state index contributed by atoms with van der Waals surface area (Å²) in [6.07, 6.45) is 3.78. The zero-order valence-electron chi connectivity index (χ0n) is 12.6. The summed E-state index contributed by atoms with van der Waals surface area (Å²) in [6, 6.07) is 5.71. The van der Waals surface area contributed by atoms with E-state index >= 15 is 0 Å². The van der Waals surface area contributed by atoms with Gasteiger partial charge in [0.25, 0.3) is 0 Å². The van der Waals surface area contributed by atoms with Crippen molar-refractivity contribution in [2.75, 3.05) is 26.4 Å². The van der Waals surface area contributed by atoms with Gasteiger partial charge < -0.3 is 19.5 Å². The van der Waals surface area contributed by atoms with Crippen molar-refractivity contribution in [2.24, 2.45) is 5.92 Å². The van der Waals surface area contributed by atoms with Crippen LogP contribution in [-0.2, 0) is 9.53 Å². The second-order valence-electron chi connectivity index (χ2n) is 5.85. The maximum atomic E-state index is 12.1. The van der Waals surface area contributed by atoms with Gasteiger partial charge in [0.2, 0.25) is 11.8 Å². The summed E-state index contributed by atoms with van der Waals surface area (Å²) in [5, 5.41) is 8.96. The third-order valence-corrected chi connectivity index (χ3v) is 4.38. The minimum absolute atomic E-state index is 0.0205. The monoisotopic (exact) mass is 306 g/mol. The van der Waals surface area contributed by atoms with Gasteiger partial charge in [0.15, 0.2) is 0 Å². The van der Waals surface area contributed by atoms with E-state index in [4.69, 9.17) is 14.6 Å². The molecule has 0 aromatic carbocycles. The highest BCUT2D eigenvalue weighted by Crippen LogP contribution is 2.34. The van der Waals surface area contributed by atoms with Gasteiger partial charge in [-0.25, -0.2) is 4.98 Å². The van der Waals surface area contributed by atoms with Crippen molar-refractivity contribution in [1.82, 2.24) is 9.88 Å². The first-order valence-electron chi connectivity index (χ1n) is 7.83. The Labute approximate surface area is 130 Å². The number of aliphatic hydroxyl groups excluding tert-OH is 1. The normalized spacial score (nSPS) is 27.5. The van der Waals surface area contributed by atoms with Crippen molar-refractivity contribution in [3.8, 4) is 5.88 Å². The van der Waals surface area contributed by atoms with Crippen molar-refractivity contribution in [3.63, 3.8) is 0 Å². The molecule has 120 valence electrons. The van der Waals surface area contributed by atoms with Gasteiger partial charge in [0.1, 0.15) is 0 Å². The minimum atomic E-state index is -0.0974. The fourth-order valence-corrected chi connectivity index (χ4v) is 3.37. The van der Waals surface area contributed by atoms with Crippen molar-refractivity contribution in [1.29, 1.82) is 0 Å². The second-order valence-corrected chi connectivity index (χ2v) is 5.85. The number of carbonyl (C=O) groups is 1. The molecular formula is C16H22N2O4. The van der Waals surface area contributed by atoms with Gasteiger partial charge in [0.05, 0.1) is 32.0 Å². The zero-order chi connectivity index (χ0) is 15.4. The molecule has 3 atom stereocenters. The SMILES string of the molecule is O=C(CCO)N1CCO[C@@H]2C[C@H](COc3ccccn3)C[C@H]21. The third-order valence-electron chi connectivity index (χ3n) is 4.38. The van der Waals surface area contributed by atoms with E-state index in [2.05, 4.69) is 4.98 Å². The standard InChI is InChI=1S/C16H22N2O4/c19-7-4-16(20)18-6-8-21-14-10-12(9-13(14)18)11-22-15-3-1-2-5-17-15/h1-3,5,12-14,19H,4,6-11H2/t12-,13-,14-/m1/s1. The van der Waals surface area contributed by atoms with Crippen LogP contribution in [0, 0.1) is 5.92 Å². The van der Waals surface area contributed by atoms with Gasteiger partial charge in [0, 0.05) is 25.2 Å². The summed E-state index contributed by atoms with van der Waals surface area (Å²) in [6.45, 7) is 1.69. The van der Waals surface area contributed by atoms with Gasteiger partial charge >= 0.3 is 0 Å². The molecular weight excluding hydrogens is 284 g/mol. The molecule has 1 amide bonds. The lowest BCUT2D eigenvalue weighted by molar-refractivity contribution is -0.144. The van der Waals surface area contributed by atoms with Crippen LogP contribution in [-0.4, -0.2) is 59.4 Å². The molecule has 2 fully saturated rings.